The molecule has 7 nitrogen and oxygen atoms in total. The van der Waals surface area contributed by atoms with Gasteiger partial charge in [-0.1, -0.05) is 107 Å². The van der Waals surface area contributed by atoms with E-state index in [2.05, 4.69) is 0 Å². The lowest BCUT2D eigenvalue weighted by molar-refractivity contribution is -0.138. The zero-order valence-corrected chi connectivity index (χ0v) is 28.3. The molecule has 0 spiro atoms. The van der Waals surface area contributed by atoms with Crippen LogP contribution in [0.25, 0.3) is 11.8 Å². The molecule has 0 N–H and O–H groups in total. The second kappa shape index (κ2) is 14.2. The first-order chi connectivity index (χ1) is 22.8. The van der Waals surface area contributed by atoms with E-state index < -0.39 is 12.0 Å². The van der Waals surface area contributed by atoms with E-state index in [-0.39, 0.29) is 24.3 Å². The second-order valence-electron chi connectivity index (χ2n) is 10.4. The molecule has 0 aliphatic carbocycles. The maximum absolute atomic E-state index is 14.2. The van der Waals surface area contributed by atoms with E-state index in [4.69, 9.17) is 54.0 Å². The molecule has 0 fully saturated rings. The quantitative estimate of drug-likeness (QED) is 0.149. The Balaban J connectivity index is 1.49. The number of methoxy groups -OCH3 is 1. The van der Waals surface area contributed by atoms with Crippen molar-refractivity contribution in [2.75, 3.05) is 13.7 Å². The van der Waals surface area contributed by atoms with Gasteiger partial charge in [0.1, 0.15) is 6.61 Å². The number of esters is 1. The van der Waals surface area contributed by atoms with E-state index in [1.807, 2.05) is 48.5 Å². The molecule has 1 aromatic heterocycles. The molecule has 0 amide bonds. The van der Waals surface area contributed by atoms with E-state index in [0.29, 0.717) is 52.7 Å². The van der Waals surface area contributed by atoms with Crippen LogP contribution in [0, 0.1) is 0 Å². The highest BCUT2D eigenvalue weighted by Crippen LogP contribution is 2.38. The van der Waals surface area contributed by atoms with Crippen LogP contribution in [-0.2, 0) is 16.1 Å². The predicted octanol–water partition coefficient (Wildman–Crippen LogP) is 7.48. The standard InChI is InChI=1S/C36H27Cl3N2O5S/c1-3-45-35(43)30-31(22-9-5-4-6-10-22)40-36-41(32(30)23-13-15-25(37)16-14-23)34(42)29(47-36)19-21-17-27(39)33(28(18-21)44-2)46-20-24-11-7-8-12-26(24)38/h4-19,32H,3,20H2,1-2H3/b29-19-/t32-/m1/s1. The highest BCUT2D eigenvalue weighted by atomic mass is 35.5. The number of fused-ring (bicyclic) bond motifs is 1. The first-order valence-corrected chi connectivity index (χ1v) is 16.5. The predicted molar refractivity (Wildman–Crippen MR) is 186 cm³/mol. The Morgan fingerprint density at radius 2 is 1.68 bits per heavy atom. The molecule has 0 saturated heterocycles. The van der Waals surface area contributed by atoms with Gasteiger partial charge in [0, 0.05) is 21.2 Å². The van der Waals surface area contributed by atoms with Crippen LogP contribution in [0.2, 0.25) is 15.1 Å². The van der Waals surface area contributed by atoms with Crippen molar-refractivity contribution >= 4 is 63.9 Å². The summed E-state index contributed by atoms with van der Waals surface area (Å²) in [6.07, 6.45) is 1.71. The van der Waals surface area contributed by atoms with E-state index in [1.54, 1.807) is 55.5 Å². The Bertz CT molecular complexity index is 2180. The Morgan fingerprint density at radius 3 is 2.38 bits per heavy atom. The molecule has 0 unspecified atom stereocenters. The Hall–Kier alpha value is -4.34. The van der Waals surface area contributed by atoms with Crippen molar-refractivity contribution in [3.05, 3.63) is 154 Å². The third-order valence-corrected chi connectivity index (χ3v) is 9.32. The monoisotopic (exact) mass is 704 g/mol. The molecule has 2 heterocycles. The minimum absolute atomic E-state index is 0.156. The molecule has 1 atom stereocenters. The van der Waals surface area contributed by atoms with E-state index in [0.717, 1.165) is 11.1 Å². The lowest BCUT2D eigenvalue weighted by atomic mass is 9.93. The molecule has 1 aliphatic heterocycles. The fourth-order valence-electron chi connectivity index (χ4n) is 5.28. The molecule has 47 heavy (non-hydrogen) atoms. The molecule has 1 aliphatic rings. The summed E-state index contributed by atoms with van der Waals surface area (Å²) in [5.74, 6) is 0.175. The summed E-state index contributed by atoms with van der Waals surface area (Å²) in [4.78, 5) is 33.1. The molecular formula is C36H27Cl3N2O5S. The van der Waals surface area contributed by atoms with E-state index in [1.165, 1.54) is 23.0 Å². The topological polar surface area (TPSA) is 79.1 Å². The van der Waals surface area contributed by atoms with Crippen LogP contribution in [0.5, 0.6) is 11.5 Å². The smallest absolute Gasteiger partial charge is 0.338 e. The fourth-order valence-corrected chi connectivity index (χ4v) is 6.87. The number of hydrogen-bond donors (Lipinski definition) is 0. The van der Waals surface area contributed by atoms with Crippen molar-refractivity contribution in [1.82, 2.24) is 4.57 Å². The molecule has 11 heteroatoms. The SMILES string of the molecule is CCOC(=O)C1=C(c2ccccc2)N=c2s/c(=C\c3cc(Cl)c(OCc4ccccc4Cl)c(OC)c3)c(=O)n2[C@@H]1c1ccc(Cl)cc1. The van der Waals surface area contributed by atoms with Gasteiger partial charge in [0.25, 0.3) is 5.56 Å². The second-order valence-corrected chi connectivity index (χ2v) is 12.7. The largest absolute Gasteiger partial charge is 0.493 e. The van der Waals surface area contributed by atoms with E-state index in [9.17, 15) is 9.59 Å². The molecule has 0 bridgehead atoms. The fraction of sp³-hybridized carbons (Fsp3) is 0.139. The van der Waals surface area contributed by atoms with Crippen LogP contribution in [-0.4, -0.2) is 24.3 Å². The van der Waals surface area contributed by atoms with Crippen LogP contribution in [0.4, 0.5) is 0 Å². The summed E-state index contributed by atoms with van der Waals surface area (Å²) in [5.41, 5.74) is 3.15. The highest BCUT2D eigenvalue weighted by molar-refractivity contribution is 7.07. The Labute approximate surface area is 289 Å². The number of benzene rings is 4. The number of aromatic nitrogens is 1. The summed E-state index contributed by atoms with van der Waals surface area (Å²) in [6, 6.07) is 26.4. The first kappa shape index (κ1) is 32.6. The normalized spacial score (nSPS) is 14.4. The van der Waals surface area contributed by atoms with Gasteiger partial charge in [0.05, 0.1) is 40.6 Å². The third kappa shape index (κ3) is 6.73. The number of nitrogens with zero attached hydrogens (tertiary/aromatic N) is 2. The van der Waals surface area contributed by atoms with Gasteiger partial charge in [0.2, 0.25) is 0 Å². The number of halogens is 3. The molecule has 4 aromatic carbocycles. The molecular weight excluding hydrogens is 679 g/mol. The number of carbonyl (C=O) groups excluding carboxylic acids is 1. The van der Waals surface area contributed by atoms with Crippen molar-refractivity contribution in [3.63, 3.8) is 0 Å². The Kier molecular flexibility index (Phi) is 9.84. The maximum atomic E-state index is 14.2. The molecule has 238 valence electrons. The number of carbonyl (C=O) groups is 1. The van der Waals surface area contributed by atoms with E-state index >= 15 is 0 Å². The lowest BCUT2D eigenvalue weighted by Crippen LogP contribution is -2.40. The number of hydrogen-bond acceptors (Lipinski definition) is 7. The number of rotatable bonds is 9. The summed E-state index contributed by atoms with van der Waals surface area (Å²) in [7, 11) is 1.51. The summed E-state index contributed by atoms with van der Waals surface area (Å²) >= 11 is 20.4. The van der Waals surface area contributed by atoms with Crippen LogP contribution in [0.1, 0.15) is 35.2 Å². The van der Waals surface area contributed by atoms with Gasteiger partial charge >= 0.3 is 5.97 Å². The minimum atomic E-state index is -0.821. The molecule has 0 saturated carbocycles. The van der Waals surface area contributed by atoms with Crippen molar-refractivity contribution in [1.29, 1.82) is 0 Å². The van der Waals surface area contributed by atoms with Crippen molar-refractivity contribution in [2.45, 2.75) is 19.6 Å². The van der Waals surface area contributed by atoms with Gasteiger partial charge in [-0.05, 0) is 54.5 Å². The van der Waals surface area contributed by atoms with Crippen LogP contribution < -0.4 is 24.4 Å². The van der Waals surface area contributed by atoms with Gasteiger partial charge in [-0.2, -0.15) is 0 Å². The zero-order chi connectivity index (χ0) is 33.1. The van der Waals surface area contributed by atoms with Crippen LogP contribution >= 0.6 is 46.1 Å². The maximum Gasteiger partial charge on any atom is 0.338 e. The average molecular weight is 706 g/mol. The molecule has 0 radical (unpaired) electrons. The Morgan fingerprint density at radius 1 is 0.957 bits per heavy atom. The van der Waals surface area contributed by atoms with Gasteiger partial charge < -0.3 is 14.2 Å². The van der Waals surface area contributed by atoms with Crippen LogP contribution in [0.3, 0.4) is 0 Å². The van der Waals surface area contributed by atoms with Gasteiger partial charge in [0.15, 0.2) is 16.3 Å². The molecule has 5 aromatic rings. The van der Waals surface area contributed by atoms with Crippen molar-refractivity contribution < 1.29 is 19.0 Å². The minimum Gasteiger partial charge on any atom is -0.493 e. The third-order valence-electron chi connectivity index (χ3n) is 7.44. The molecule has 6 rings (SSSR count). The highest BCUT2D eigenvalue weighted by Gasteiger charge is 2.35. The van der Waals surface area contributed by atoms with Crippen LogP contribution in [0.15, 0.2) is 106 Å². The van der Waals surface area contributed by atoms with Gasteiger partial charge in [-0.15, -0.1) is 0 Å². The summed E-state index contributed by atoms with van der Waals surface area (Å²) in [5, 5.41) is 1.40. The number of ether oxygens (including phenoxy) is 3. The first-order valence-electron chi connectivity index (χ1n) is 14.6. The zero-order valence-electron chi connectivity index (χ0n) is 25.2. The summed E-state index contributed by atoms with van der Waals surface area (Å²) in [6.45, 7) is 2.08. The lowest BCUT2D eigenvalue weighted by Gasteiger charge is -2.25. The van der Waals surface area contributed by atoms with Gasteiger partial charge in [-0.25, -0.2) is 9.79 Å². The number of thiazole rings is 1. The summed E-state index contributed by atoms with van der Waals surface area (Å²) < 4.78 is 19.0. The van der Waals surface area contributed by atoms with Crippen molar-refractivity contribution in [3.8, 4) is 11.5 Å². The van der Waals surface area contributed by atoms with Crippen molar-refractivity contribution in [2.24, 2.45) is 4.99 Å². The van der Waals surface area contributed by atoms with Gasteiger partial charge in [-0.3, -0.25) is 9.36 Å². The average Bonchev–Trinajstić information content (AvgIpc) is 3.38.